The highest BCUT2D eigenvalue weighted by Gasteiger charge is 2.15. The molecule has 0 unspecified atom stereocenters. The molecule has 0 aliphatic heterocycles. The van der Waals surface area contributed by atoms with E-state index in [1.54, 1.807) is 30.1 Å². The number of aromatic nitrogens is 2. The Morgan fingerprint density at radius 3 is 2.54 bits per heavy atom. The molecule has 0 saturated carbocycles. The van der Waals surface area contributed by atoms with Gasteiger partial charge in [-0.1, -0.05) is 18.2 Å². The van der Waals surface area contributed by atoms with Gasteiger partial charge in [-0.2, -0.15) is 0 Å². The number of nitrogens with one attached hydrogen (secondary N) is 1. The van der Waals surface area contributed by atoms with Gasteiger partial charge in [-0.05, 0) is 24.3 Å². The topological polar surface area (TPSA) is 83.7 Å². The Bertz CT molecular complexity index is 902. The maximum Gasteiger partial charge on any atom is 0.336 e. The normalized spacial score (nSPS) is 9.85. The number of imidazole rings is 1. The summed E-state index contributed by atoms with van der Waals surface area (Å²) < 4.78 is 1.98. The summed E-state index contributed by atoms with van der Waals surface area (Å²) in [4.78, 5) is 27.5. The summed E-state index contributed by atoms with van der Waals surface area (Å²) in [5.74, 6) is -0.825. The van der Waals surface area contributed by atoms with Crippen LogP contribution in [-0.4, -0.2) is 38.7 Å². The minimum atomic E-state index is -1.11. The number of halogens is 2. The molecule has 9 heteroatoms. The van der Waals surface area contributed by atoms with Gasteiger partial charge >= 0.3 is 5.97 Å². The smallest absolute Gasteiger partial charge is 0.336 e. The van der Waals surface area contributed by atoms with Crippen LogP contribution in [0.2, 0.25) is 0 Å². The van der Waals surface area contributed by atoms with Crippen molar-refractivity contribution < 1.29 is 14.7 Å². The third-order valence-electron chi connectivity index (χ3n) is 3.43. The molecule has 0 aliphatic rings. The minimum absolute atomic E-state index is 0. The van der Waals surface area contributed by atoms with Crippen LogP contribution < -0.4 is 5.32 Å². The lowest BCUT2D eigenvalue weighted by atomic mass is 10.1. The Morgan fingerprint density at radius 2 is 1.81 bits per heavy atom. The highest BCUT2D eigenvalue weighted by molar-refractivity contribution is 7.99. The summed E-state index contributed by atoms with van der Waals surface area (Å²) in [7, 11) is 0. The van der Waals surface area contributed by atoms with Gasteiger partial charge in [0.2, 0.25) is 0 Å². The standard InChI is InChI=1S/C17H15N3O3S.2ClH/c21-16(12-4-1-2-5-13(12)17(22)23)19-9-11-24-15-7-3-6-14-18-8-10-20(14)15;;/h1-8,10H,9,11H2,(H,19,21)(H,22,23);2*1H. The second-order valence-electron chi connectivity index (χ2n) is 4.97. The van der Waals surface area contributed by atoms with E-state index in [9.17, 15) is 9.59 Å². The molecule has 1 aromatic carbocycles. The van der Waals surface area contributed by atoms with E-state index < -0.39 is 5.97 Å². The van der Waals surface area contributed by atoms with E-state index in [1.165, 1.54) is 12.1 Å². The molecule has 0 bridgehead atoms. The molecule has 0 fully saturated rings. The number of amides is 1. The van der Waals surface area contributed by atoms with Crippen molar-refractivity contribution in [2.24, 2.45) is 0 Å². The highest BCUT2D eigenvalue weighted by Crippen LogP contribution is 2.18. The Labute approximate surface area is 166 Å². The highest BCUT2D eigenvalue weighted by atomic mass is 35.5. The second-order valence-corrected chi connectivity index (χ2v) is 6.09. The molecule has 0 aliphatic carbocycles. The number of pyridine rings is 1. The molecular weight excluding hydrogens is 397 g/mol. The van der Waals surface area contributed by atoms with Crippen molar-refractivity contribution in [2.75, 3.05) is 12.3 Å². The molecule has 2 N–H and O–H groups in total. The first-order chi connectivity index (χ1) is 11.7. The summed E-state index contributed by atoms with van der Waals surface area (Å²) >= 11 is 1.59. The number of carboxylic acid groups (broad SMARTS) is 1. The van der Waals surface area contributed by atoms with Crippen LogP contribution in [-0.2, 0) is 0 Å². The van der Waals surface area contributed by atoms with Crippen molar-refractivity contribution in [3.8, 4) is 0 Å². The number of hydrogen-bond donors (Lipinski definition) is 2. The Hall–Kier alpha value is -2.22. The molecule has 2 heterocycles. The first-order valence-electron chi connectivity index (χ1n) is 7.32. The van der Waals surface area contributed by atoms with Crippen LogP contribution in [0.15, 0.2) is 59.9 Å². The summed E-state index contributed by atoms with van der Waals surface area (Å²) in [5.41, 5.74) is 1.05. The fourth-order valence-electron chi connectivity index (χ4n) is 2.32. The lowest BCUT2D eigenvalue weighted by Gasteiger charge is -2.08. The van der Waals surface area contributed by atoms with Crippen LogP contribution in [0, 0.1) is 0 Å². The SMILES string of the molecule is Cl.Cl.O=C(O)c1ccccc1C(=O)NCCSc1cccc2nccn12. The maximum atomic E-state index is 12.2. The van der Waals surface area contributed by atoms with Crippen LogP contribution in [0.5, 0.6) is 0 Å². The van der Waals surface area contributed by atoms with Crippen molar-refractivity contribution in [2.45, 2.75) is 5.03 Å². The molecular formula is C17H17Cl2N3O3S. The van der Waals surface area contributed by atoms with E-state index in [0.29, 0.717) is 12.3 Å². The molecule has 0 saturated heterocycles. The fraction of sp³-hybridized carbons (Fsp3) is 0.118. The minimum Gasteiger partial charge on any atom is -0.478 e. The van der Waals surface area contributed by atoms with Gasteiger partial charge in [-0.25, -0.2) is 9.78 Å². The van der Waals surface area contributed by atoms with Crippen molar-refractivity contribution >= 4 is 54.1 Å². The van der Waals surface area contributed by atoms with Crippen molar-refractivity contribution in [3.05, 3.63) is 66.0 Å². The largest absolute Gasteiger partial charge is 0.478 e. The lowest BCUT2D eigenvalue weighted by Crippen LogP contribution is -2.27. The van der Waals surface area contributed by atoms with Crippen LogP contribution in [0.25, 0.3) is 5.65 Å². The van der Waals surface area contributed by atoms with E-state index in [4.69, 9.17) is 5.11 Å². The van der Waals surface area contributed by atoms with Crippen LogP contribution in [0.1, 0.15) is 20.7 Å². The Morgan fingerprint density at radius 1 is 1.08 bits per heavy atom. The van der Waals surface area contributed by atoms with Gasteiger partial charge in [0.25, 0.3) is 5.91 Å². The van der Waals surface area contributed by atoms with E-state index in [2.05, 4.69) is 10.3 Å². The van der Waals surface area contributed by atoms with Gasteiger partial charge in [0, 0.05) is 24.7 Å². The molecule has 3 aromatic rings. The second kappa shape index (κ2) is 10.1. The number of rotatable bonds is 6. The third kappa shape index (κ3) is 4.91. The van der Waals surface area contributed by atoms with Gasteiger partial charge in [0.05, 0.1) is 16.2 Å². The summed E-state index contributed by atoms with van der Waals surface area (Å²) in [6.45, 7) is 0.433. The molecule has 26 heavy (non-hydrogen) atoms. The molecule has 0 atom stereocenters. The zero-order valence-electron chi connectivity index (χ0n) is 13.5. The molecule has 6 nitrogen and oxygen atoms in total. The van der Waals surface area contributed by atoms with Crippen LogP contribution in [0.4, 0.5) is 0 Å². The zero-order chi connectivity index (χ0) is 16.9. The van der Waals surface area contributed by atoms with Crippen molar-refractivity contribution in [3.63, 3.8) is 0 Å². The monoisotopic (exact) mass is 413 g/mol. The Balaban J connectivity index is 0.00000169. The number of aromatic carboxylic acids is 1. The predicted molar refractivity (Wildman–Crippen MR) is 106 cm³/mol. The molecule has 0 radical (unpaired) electrons. The molecule has 1 amide bonds. The van der Waals surface area contributed by atoms with E-state index in [0.717, 1.165) is 10.7 Å². The number of fused-ring (bicyclic) bond motifs is 1. The number of thioether (sulfide) groups is 1. The molecule has 0 spiro atoms. The zero-order valence-corrected chi connectivity index (χ0v) is 15.9. The quantitative estimate of drug-likeness (QED) is 0.477. The number of nitrogens with zero attached hydrogens (tertiary/aromatic N) is 2. The number of carboxylic acids is 1. The van der Waals surface area contributed by atoms with Crippen LogP contribution >= 0.6 is 36.6 Å². The van der Waals surface area contributed by atoms with E-state index >= 15 is 0 Å². The first-order valence-corrected chi connectivity index (χ1v) is 8.31. The van der Waals surface area contributed by atoms with Crippen molar-refractivity contribution in [1.82, 2.24) is 14.7 Å². The number of hydrogen-bond acceptors (Lipinski definition) is 4. The molecule has 3 rings (SSSR count). The van der Waals surface area contributed by atoms with Gasteiger partial charge in [-0.3, -0.25) is 9.20 Å². The predicted octanol–water partition coefficient (Wildman–Crippen LogP) is 3.40. The van der Waals surface area contributed by atoms with Crippen LogP contribution in [0.3, 0.4) is 0 Å². The Kier molecular flexibility index (Phi) is 8.44. The molecule has 138 valence electrons. The van der Waals surface area contributed by atoms with Gasteiger partial charge < -0.3 is 10.4 Å². The third-order valence-corrected chi connectivity index (χ3v) is 4.47. The first kappa shape index (κ1) is 21.8. The van der Waals surface area contributed by atoms with Gasteiger partial charge in [0.1, 0.15) is 5.65 Å². The van der Waals surface area contributed by atoms with E-state index in [-0.39, 0.29) is 41.8 Å². The summed E-state index contributed by atoms with van der Waals surface area (Å²) in [6, 6.07) is 12.0. The maximum absolute atomic E-state index is 12.2. The average Bonchev–Trinajstić information content (AvgIpc) is 3.08. The van der Waals surface area contributed by atoms with E-state index in [1.807, 2.05) is 28.8 Å². The average molecular weight is 414 g/mol. The number of carbonyl (C=O) groups is 2. The fourth-order valence-corrected chi connectivity index (χ4v) is 3.20. The number of benzene rings is 1. The lowest BCUT2D eigenvalue weighted by molar-refractivity contribution is 0.0691. The number of carbonyl (C=O) groups excluding carboxylic acids is 1. The van der Waals surface area contributed by atoms with Gasteiger partial charge in [0.15, 0.2) is 0 Å². The van der Waals surface area contributed by atoms with Gasteiger partial charge in [-0.15, -0.1) is 36.6 Å². The van der Waals surface area contributed by atoms with Crippen molar-refractivity contribution in [1.29, 1.82) is 0 Å². The summed E-state index contributed by atoms with van der Waals surface area (Å²) in [5, 5.41) is 12.9. The summed E-state index contributed by atoms with van der Waals surface area (Å²) in [6.07, 6.45) is 3.63. The molecule has 2 aromatic heterocycles.